The van der Waals surface area contributed by atoms with Gasteiger partial charge < -0.3 is 19.7 Å². The van der Waals surface area contributed by atoms with Gasteiger partial charge in [-0.1, -0.05) is 39.7 Å². The van der Waals surface area contributed by atoms with Crippen LogP contribution < -0.4 is 0 Å². The Kier molecular flexibility index (Phi) is 31.5. The Bertz CT molecular complexity index is 434. The van der Waals surface area contributed by atoms with E-state index in [1.54, 1.807) is 6.92 Å². The first-order valence-corrected chi connectivity index (χ1v) is 7.45. The zero-order valence-corrected chi connectivity index (χ0v) is 15.3. The standard InChI is InChI=1S/C7H12O2.C5H8O2.2C3H4O2/c1-3-5-6-9-7(8)4-2;1-3-5(6)7-4-2;2*1-2-3(4)5/h4H,2-3,5-6H2,1H3;3H,1,4H2,2H3;2*2H,1H2,(H,4,5). The number of unbranched alkanes of at least 4 members (excludes halogenated alkanes) is 1. The molecule has 8 heteroatoms. The van der Waals surface area contributed by atoms with Crippen LogP contribution in [0.15, 0.2) is 50.6 Å². The number of carbonyl (C=O) groups excluding carboxylic acids is 2. The van der Waals surface area contributed by atoms with E-state index in [1.165, 1.54) is 6.08 Å². The van der Waals surface area contributed by atoms with E-state index >= 15 is 0 Å². The van der Waals surface area contributed by atoms with Crippen LogP contribution in [0.4, 0.5) is 0 Å². The average Bonchev–Trinajstić information content (AvgIpc) is 2.63. The van der Waals surface area contributed by atoms with E-state index in [0.29, 0.717) is 13.2 Å². The number of ether oxygens (including phenoxy) is 2. The summed E-state index contributed by atoms with van der Waals surface area (Å²) in [6.45, 7) is 17.1. The summed E-state index contributed by atoms with van der Waals surface area (Å²) in [6.07, 6.45) is 5.96. The SMILES string of the molecule is C=CC(=O)O.C=CC(=O)O.C=CC(=O)OCC.C=CC(=O)OCCCC. The van der Waals surface area contributed by atoms with Crippen LogP contribution in [0.5, 0.6) is 0 Å². The first-order chi connectivity index (χ1) is 12.2. The van der Waals surface area contributed by atoms with Gasteiger partial charge in [0.2, 0.25) is 0 Å². The summed E-state index contributed by atoms with van der Waals surface area (Å²) in [5, 5.41) is 15.2. The fraction of sp³-hybridized carbons (Fsp3) is 0.333. The van der Waals surface area contributed by atoms with Crippen molar-refractivity contribution in [1.29, 1.82) is 0 Å². The minimum atomic E-state index is -0.981. The lowest BCUT2D eigenvalue weighted by molar-refractivity contribution is -0.138. The van der Waals surface area contributed by atoms with Gasteiger partial charge >= 0.3 is 23.9 Å². The van der Waals surface area contributed by atoms with Crippen molar-refractivity contribution in [2.75, 3.05) is 13.2 Å². The average molecular weight is 372 g/mol. The van der Waals surface area contributed by atoms with E-state index < -0.39 is 11.9 Å². The van der Waals surface area contributed by atoms with Gasteiger partial charge in [0.1, 0.15) is 0 Å². The van der Waals surface area contributed by atoms with Crippen LogP contribution in [-0.4, -0.2) is 47.3 Å². The molecule has 8 nitrogen and oxygen atoms in total. The zero-order valence-electron chi connectivity index (χ0n) is 15.3. The van der Waals surface area contributed by atoms with Gasteiger partial charge in [-0.15, -0.1) is 0 Å². The highest BCUT2D eigenvalue weighted by Gasteiger charge is 1.91. The second kappa shape index (κ2) is 26.7. The predicted molar refractivity (Wildman–Crippen MR) is 98.6 cm³/mol. The van der Waals surface area contributed by atoms with Gasteiger partial charge in [-0.25, -0.2) is 19.2 Å². The first-order valence-electron chi connectivity index (χ1n) is 7.45. The molecule has 0 amide bonds. The monoisotopic (exact) mass is 372 g/mol. The van der Waals surface area contributed by atoms with Crippen molar-refractivity contribution in [1.82, 2.24) is 0 Å². The van der Waals surface area contributed by atoms with Gasteiger partial charge in [-0.2, -0.15) is 0 Å². The largest absolute Gasteiger partial charge is 0.478 e. The zero-order chi connectivity index (χ0) is 21.4. The minimum absolute atomic E-state index is 0.330. The highest BCUT2D eigenvalue weighted by molar-refractivity contribution is 5.81. The molecule has 0 aromatic heterocycles. The van der Waals surface area contributed by atoms with Crippen molar-refractivity contribution >= 4 is 23.9 Å². The summed E-state index contributed by atoms with van der Waals surface area (Å²) in [7, 11) is 0. The lowest BCUT2D eigenvalue weighted by Crippen LogP contribution is -2.00. The highest BCUT2D eigenvalue weighted by Crippen LogP contribution is 1.88. The Morgan fingerprint density at radius 1 is 0.769 bits per heavy atom. The molecule has 0 heterocycles. The Balaban J connectivity index is -0.000000128. The molecule has 0 saturated heterocycles. The van der Waals surface area contributed by atoms with Gasteiger partial charge in [0.05, 0.1) is 13.2 Å². The maximum atomic E-state index is 10.3. The van der Waals surface area contributed by atoms with Gasteiger partial charge in [0, 0.05) is 24.3 Å². The lowest BCUT2D eigenvalue weighted by atomic mass is 10.4. The summed E-state index contributed by atoms with van der Waals surface area (Å²) in [5.74, 6) is -2.65. The molecule has 2 N–H and O–H groups in total. The predicted octanol–water partition coefficient (Wildman–Crippen LogP) is 2.77. The third kappa shape index (κ3) is 49.8. The molecule has 0 radical (unpaired) electrons. The molecule has 0 aromatic rings. The van der Waals surface area contributed by atoms with Crippen molar-refractivity contribution < 1.29 is 38.9 Å². The number of hydrogen-bond donors (Lipinski definition) is 2. The second-order valence-electron chi connectivity index (χ2n) is 3.77. The number of carbonyl (C=O) groups is 4. The molecule has 0 aliphatic heterocycles. The fourth-order valence-corrected chi connectivity index (χ4v) is 0.577. The van der Waals surface area contributed by atoms with E-state index in [2.05, 4.69) is 35.8 Å². The highest BCUT2D eigenvalue weighted by atomic mass is 16.5. The Hall–Kier alpha value is -3.16. The molecule has 148 valence electrons. The van der Waals surface area contributed by atoms with Gasteiger partial charge in [0.25, 0.3) is 0 Å². The van der Waals surface area contributed by atoms with Crippen molar-refractivity contribution in [2.45, 2.75) is 26.7 Å². The van der Waals surface area contributed by atoms with E-state index in [4.69, 9.17) is 10.2 Å². The third-order valence-electron chi connectivity index (χ3n) is 1.71. The van der Waals surface area contributed by atoms with Gasteiger partial charge in [-0.3, -0.25) is 0 Å². The van der Waals surface area contributed by atoms with Crippen LogP contribution in [0.1, 0.15) is 26.7 Å². The fourth-order valence-electron chi connectivity index (χ4n) is 0.577. The lowest BCUT2D eigenvalue weighted by Gasteiger charge is -1.97. The van der Waals surface area contributed by atoms with Gasteiger partial charge in [-0.05, 0) is 13.3 Å². The maximum Gasteiger partial charge on any atom is 0.330 e. The Morgan fingerprint density at radius 3 is 1.31 bits per heavy atom. The summed E-state index contributed by atoms with van der Waals surface area (Å²) < 4.78 is 9.11. The molecule has 0 aromatic carbocycles. The van der Waals surface area contributed by atoms with Crippen molar-refractivity contribution in [3.05, 3.63) is 50.6 Å². The molecule has 0 aliphatic rings. The topological polar surface area (TPSA) is 127 Å². The molecule has 0 atom stereocenters. The summed E-state index contributed by atoms with van der Waals surface area (Å²) in [5.41, 5.74) is 0. The number of rotatable bonds is 8. The van der Waals surface area contributed by atoms with E-state index in [9.17, 15) is 19.2 Å². The van der Waals surface area contributed by atoms with Crippen LogP contribution in [0.2, 0.25) is 0 Å². The molecule has 0 unspecified atom stereocenters. The van der Waals surface area contributed by atoms with Crippen molar-refractivity contribution in [3.8, 4) is 0 Å². The Morgan fingerprint density at radius 2 is 1.12 bits per heavy atom. The minimum Gasteiger partial charge on any atom is -0.478 e. The van der Waals surface area contributed by atoms with Crippen molar-refractivity contribution in [2.24, 2.45) is 0 Å². The molecular formula is C18H28O8. The quantitative estimate of drug-likeness (QED) is 0.378. The third-order valence-corrected chi connectivity index (χ3v) is 1.71. The summed E-state index contributed by atoms with van der Waals surface area (Å²) >= 11 is 0. The van der Waals surface area contributed by atoms with Crippen molar-refractivity contribution in [3.63, 3.8) is 0 Å². The van der Waals surface area contributed by atoms with Gasteiger partial charge in [0.15, 0.2) is 0 Å². The molecule has 0 bridgehead atoms. The number of hydrogen-bond acceptors (Lipinski definition) is 6. The molecule has 0 rings (SSSR count). The summed E-state index contributed by atoms with van der Waals surface area (Å²) in [4.78, 5) is 38.9. The van der Waals surface area contributed by atoms with Crippen LogP contribution in [0, 0.1) is 0 Å². The maximum absolute atomic E-state index is 10.3. The van der Waals surface area contributed by atoms with Crippen LogP contribution >= 0.6 is 0 Å². The van der Waals surface area contributed by atoms with Crippen LogP contribution in [0.3, 0.4) is 0 Å². The van der Waals surface area contributed by atoms with E-state index in [-0.39, 0.29) is 11.9 Å². The molecule has 0 saturated carbocycles. The van der Waals surface area contributed by atoms with E-state index in [0.717, 1.165) is 31.1 Å². The smallest absolute Gasteiger partial charge is 0.330 e. The number of aliphatic carboxylic acids is 2. The number of carboxylic acid groups (broad SMARTS) is 2. The first kappa shape index (κ1) is 30.7. The number of carboxylic acids is 2. The molecule has 0 fully saturated rings. The van der Waals surface area contributed by atoms with Crippen LogP contribution in [-0.2, 0) is 28.7 Å². The normalized spacial score (nSPS) is 7.46. The number of esters is 2. The molecule has 0 spiro atoms. The summed E-state index contributed by atoms with van der Waals surface area (Å²) in [6, 6.07) is 0. The van der Waals surface area contributed by atoms with E-state index in [1.807, 2.05) is 6.92 Å². The second-order valence-corrected chi connectivity index (χ2v) is 3.77. The van der Waals surface area contributed by atoms with Crippen LogP contribution in [0.25, 0.3) is 0 Å². The molecule has 0 aliphatic carbocycles. The molecular weight excluding hydrogens is 344 g/mol. The molecule has 26 heavy (non-hydrogen) atoms. The Labute approximate surface area is 154 Å².